The van der Waals surface area contributed by atoms with Crippen molar-refractivity contribution < 1.29 is 9.90 Å². The highest BCUT2D eigenvalue weighted by atomic mass is 16.4. The Balaban J connectivity index is 2.78. The van der Waals surface area contributed by atoms with Gasteiger partial charge in [0.25, 0.3) is 5.56 Å². The predicted octanol–water partition coefficient (Wildman–Crippen LogP) is 1.03. The molecule has 0 saturated heterocycles. The van der Waals surface area contributed by atoms with Gasteiger partial charge in [0.05, 0.1) is 5.92 Å². The number of nitrogens with one attached hydrogen (secondary N) is 2. The second-order valence-electron chi connectivity index (χ2n) is 4.29. The Morgan fingerprint density at radius 2 is 2.18 bits per heavy atom. The molecule has 1 aromatic heterocycles. The zero-order chi connectivity index (χ0) is 13.0. The molecule has 1 heterocycles. The molecule has 0 amide bonds. The molecule has 0 aliphatic heterocycles. The number of hydrogen-bond acceptors (Lipinski definition) is 4. The van der Waals surface area contributed by atoms with Gasteiger partial charge in [0.1, 0.15) is 11.6 Å². The molecular formula is C11H17N3O3. The zero-order valence-electron chi connectivity index (χ0n) is 10.2. The van der Waals surface area contributed by atoms with Crippen LogP contribution in [0.3, 0.4) is 0 Å². The lowest BCUT2D eigenvalue weighted by molar-refractivity contribution is -0.140. The van der Waals surface area contributed by atoms with Crippen molar-refractivity contribution in [2.45, 2.75) is 26.7 Å². The molecule has 0 aromatic carbocycles. The summed E-state index contributed by atoms with van der Waals surface area (Å²) in [5, 5.41) is 11.6. The van der Waals surface area contributed by atoms with Gasteiger partial charge in [-0.25, -0.2) is 4.98 Å². The SMILES string of the molecule is CC(CNc1cc(=O)[nH]c(C(C)C)n1)C(=O)O. The maximum Gasteiger partial charge on any atom is 0.308 e. The van der Waals surface area contributed by atoms with Crippen LogP contribution >= 0.6 is 0 Å². The van der Waals surface area contributed by atoms with E-state index in [4.69, 9.17) is 5.11 Å². The quantitative estimate of drug-likeness (QED) is 0.713. The van der Waals surface area contributed by atoms with Crippen molar-refractivity contribution in [1.82, 2.24) is 9.97 Å². The monoisotopic (exact) mass is 239 g/mol. The smallest absolute Gasteiger partial charge is 0.308 e. The minimum Gasteiger partial charge on any atom is -0.481 e. The molecule has 0 saturated carbocycles. The summed E-state index contributed by atoms with van der Waals surface area (Å²) in [4.78, 5) is 28.8. The van der Waals surface area contributed by atoms with Crippen LogP contribution in [0, 0.1) is 5.92 Å². The van der Waals surface area contributed by atoms with E-state index in [0.29, 0.717) is 11.6 Å². The number of H-pyrrole nitrogens is 1. The molecule has 0 aliphatic carbocycles. The van der Waals surface area contributed by atoms with Gasteiger partial charge in [-0.2, -0.15) is 0 Å². The minimum absolute atomic E-state index is 0.112. The van der Waals surface area contributed by atoms with Gasteiger partial charge in [-0.3, -0.25) is 9.59 Å². The van der Waals surface area contributed by atoms with E-state index in [9.17, 15) is 9.59 Å². The molecule has 0 radical (unpaired) electrons. The first kappa shape index (κ1) is 13.2. The van der Waals surface area contributed by atoms with Crippen molar-refractivity contribution in [3.05, 3.63) is 22.2 Å². The van der Waals surface area contributed by atoms with Crippen LogP contribution in [0.15, 0.2) is 10.9 Å². The van der Waals surface area contributed by atoms with Crippen LogP contribution < -0.4 is 10.9 Å². The molecule has 0 bridgehead atoms. The van der Waals surface area contributed by atoms with Crippen molar-refractivity contribution >= 4 is 11.8 Å². The highest BCUT2D eigenvalue weighted by molar-refractivity contribution is 5.70. The molecular weight excluding hydrogens is 222 g/mol. The van der Waals surface area contributed by atoms with Gasteiger partial charge in [0, 0.05) is 18.5 Å². The number of rotatable bonds is 5. The Bertz CT molecular complexity index is 454. The fourth-order valence-corrected chi connectivity index (χ4v) is 1.19. The van der Waals surface area contributed by atoms with E-state index >= 15 is 0 Å². The summed E-state index contributed by atoms with van der Waals surface area (Å²) in [5.74, 6) is -0.306. The van der Waals surface area contributed by atoms with Crippen molar-refractivity contribution in [2.75, 3.05) is 11.9 Å². The van der Waals surface area contributed by atoms with E-state index in [-0.39, 0.29) is 18.0 Å². The second kappa shape index (κ2) is 5.47. The van der Waals surface area contributed by atoms with E-state index < -0.39 is 11.9 Å². The number of carboxylic acids is 1. The van der Waals surface area contributed by atoms with Crippen molar-refractivity contribution in [3.63, 3.8) is 0 Å². The lowest BCUT2D eigenvalue weighted by Crippen LogP contribution is -2.22. The molecule has 1 aromatic rings. The van der Waals surface area contributed by atoms with Gasteiger partial charge in [-0.05, 0) is 0 Å². The number of aliphatic carboxylic acids is 1. The van der Waals surface area contributed by atoms with Crippen LogP contribution in [0.5, 0.6) is 0 Å². The van der Waals surface area contributed by atoms with Crippen LogP contribution in [0.2, 0.25) is 0 Å². The minimum atomic E-state index is -0.883. The van der Waals surface area contributed by atoms with Crippen LogP contribution in [0.4, 0.5) is 5.82 Å². The summed E-state index contributed by atoms with van der Waals surface area (Å²) in [6.45, 7) is 5.67. The third-order valence-corrected chi connectivity index (χ3v) is 2.32. The number of aromatic nitrogens is 2. The number of anilines is 1. The number of nitrogens with zero attached hydrogens (tertiary/aromatic N) is 1. The lowest BCUT2D eigenvalue weighted by Gasteiger charge is -2.10. The molecule has 1 unspecified atom stereocenters. The van der Waals surface area contributed by atoms with E-state index in [1.54, 1.807) is 6.92 Å². The van der Waals surface area contributed by atoms with E-state index in [0.717, 1.165) is 0 Å². The molecule has 1 rings (SSSR count). The molecule has 94 valence electrons. The Kier molecular flexibility index (Phi) is 4.25. The van der Waals surface area contributed by atoms with Crippen molar-refractivity contribution in [2.24, 2.45) is 5.92 Å². The normalized spacial score (nSPS) is 12.5. The third-order valence-electron chi connectivity index (χ3n) is 2.32. The average molecular weight is 239 g/mol. The highest BCUT2D eigenvalue weighted by Gasteiger charge is 2.11. The molecule has 0 fully saturated rings. The summed E-state index contributed by atoms with van der Waals surface area (Å²) in [6.07, 6.45) is 0. The second-order valence-corrected chi connectivity index (χ2v) is 4.29. The molecule has 0 spiro atoms. The van der Waals surface area contributed by atoms with Crippen molar-refractivity contribution in [1.29, 1.82) is 0 Å². The Hall–Kier alpha value is -1.85. The maximum absolute atomic E-state index is 11.3. The van der Waals surface area contributed by atoms with Gasteiger partial charge in [0.15, 0.2) is 0 Å². The number of carboxylic acid groups (broad SMARTS) is 1. The first-order chi connectivity index (χ1) is 7.90. The first-order valence-corrected chi connectivity index (χ1v) is 5.48. The van der Waals surface area contributed by atoms with Gasteiger partial charge in [0.2, 0.25) is 0 Å². The molecule has 0 aliphatic rings. The van der Waals surface area contributed by atoms with E-state index in [2.05, 4.69) is 15.3 Å². The van der Waals surface area contributed by atoms with Gasteiger partial charge < -0.3 is 15.4 Å². The zero-order valence-corrected chi connectivity index (χ0v) is 10.2. The molecule has 6 nitrogen and oxygen atoms in total. The van der Waals surface area contributed by atoms with Crippen molar-refractivity contribution in [3.8, 4) is 0 Å². The summed E-state index contributed by atoms with van der Waals surface area (Å²) in [6, 6.07) is 1.32. The Morgan fingerprint density at radius 1 is 1.53 bits per heavy atom. The fourth-order valence-electron chi connectivity index (χ4n) is 1.19. The lowest BCUT2D eigenvalue weighted by atomic mass is 10.2. The topological polar surface area (TPSA) is 95.1 Å². The number of aromatic amines is 1. The highest BCUT2D eigenvalue weighted by Crippen LogP contribution is 2.09. The standard InChI is InChI=1S/C11H17N3O3/c1-6(2)10-13-8(4-9(15)14-10)12-5-7(3)11(16)17/h4,6-7H,5H2,1-3H3,(H,16,17)(H2,12,13,14,15). The Labute approximate surface area is 99.1 Å². The van der Waals surface area contributed by atoms with Crippen LogP contribution in [0.1, 0.15) is 32.5 Å². The maximum atomic E-state index is 11.3. The first-order valence-electron chi connectivity index (χ1n) is 5.48. The summed E-state index contributed by atoms with van der Waals surface area (Å²) < 4.78 is 0. The average Bonchev–Trinajstić information content (AvgIpc) is 2.24. The van der Waals surface area contributed by atoms with Crippen LogP contribution in [0.25, 0.3) is 0 Å². The molecule has 3 N–H and O–H groups in total. The summed E-state index contributed by atoms with van der Waals surface area (Å²) in [7, 11) is 0. The number of carbonyl (C=O) groups is 1. The van der Waals surface area contributed by atoms with E-state index in [1.807, 2.05) is 13.8 Å². The molecule has 17 heavy (non-hydrogen) atoms. The van der Waals surface area contributed by atoms with E-state index in [1.165, 1.54) is 6.07 Å². The summed E-state index contributed by atoms with van der Waals surface area (Å²) in [5.41, 5.74) is -0.242. The van der Waals surface area contributed by atoms with Crippen LogP contribution in [-0.4, -0.2) is 27.6 Å². The molecule has 1 atom stereocenters. The largest absolute Gasteiger partial charge is 0.481 e. The van der Waals surface area contributed by atoms with Gasteiger partial charge >= 0.3 is 5.97 Å². The number of hydrogen-bond donors (Lipinski definition) is 3. The third kappa shape index (κ3) is 3.90. The van der Waals surface area contributed by atoms with Gasteiger partial charge in [-0.1, -0.05) is 20.8 Å². The predicted molar refractivity (Wildman–Crippen MR) is 64.2 cm³/mol. The summed E-state index contributed by atoms with van der Waals surface area (Å²) >= 11 is 0. The fraction of sp³-hybridized carbons (Fsp3) is 0.545. The van der Waals surface area contributed by atoms with Crippen LogP contribution in [-0.2, 0) is 4.79 Å². The molecule has 6 heteroatoms. The Morgan fingerprint density at radius 3 is 2.71 bits per heavy atom. The van der Waals surface area contributed by atoms with Gasteiger partial charge in [-0.15, -0.1) is 0 Å².